The maximum absolute atomic E-state index is 5.75. The summed E-state index contributed by atoms with van der Waals surface area (Å²) in [7, 11) is 0. The SMILES string of the molecule is CCCOc1ccc2c(OCCC)cccc2c1. The third-order valence-corrected chi connectivity index (χ3v) is 2.75. The molecule has 96 valence electrons. The molecule has 2 nitrogen and oxygen atoms in total. The molecule has 0 spiro atoms. The first kappa shape index (κ1) is 12.7. The average molecular weight is 244 g/mol. The van der Waals surface area contributed by atoms with Gasteiger partial charge in [0.2, 0.25) is 0 Å². The van der Waals surface area contributed by atoms with E-state index >= 15 is 0 Å². The highest BCUT2D eigenvalue weighted by atomic mass is 16.5. The molecule has 2 aromatic rings. The summed E-state index contributed by atoms with van der Waals surface area (Å²) in [4.78, 5) is 0. The summed E-state index contributed by atoms with van der Waals surface area (Å²) in [6, 6.07) is 12.3. The number of hydrogen-bond donors (Lipinski definition) is 0. The van der Waals surface area contributed by atoms with E-state index in [4.69, 9.17) is 9.47 Å². The quantitative estimate of drug-likeness (QED) is 0.749. The molecule has 18 heavy (non-hydrogen) atoms. The second-order valence-electron chi connectivity index (χ2n) is 4.34. The topological polar surface area (TPSA) is 18.5 Å². The molecule has 2 heteroatoms. The van der Waals surface area contributed by atoms with E-state index in [2.05, 4.69) is 32.0 Å². The van der Waals surface area contributed by atoms with Gasteiger partial charge in [0.1, 0.15) is 11.5 Å². The van der Waals surface area contributed by atoms with Crippen LogP contribution < -0.4 is 9.47 Å². The van der Waals surface area contributed by atoms with E-state index in [-0.39, 0.29) is 0 Å². The van der Waals surface area contributed by atoms with Gasteiger partial charge in [0.15, 0.2) is 0 Å². The Balaban J connectivity index is 2.28. The fourth-order valence-electron chi connectivity index (χ4n) is 1.88. The Morgan fingerprint density at radius 1 is 0.889 bits per heavy atom. The Morgan fingerprint density at radius 3 is 2.44 bits per heavy atom. The first-order chi connectivity index (χ1) is 8.85. The van der Waals surface area contributed by atoms with E-state index in [1.165, 1.54) is 0 Å². The fourth-order valence-corrected chi connectivity index (χ4v) is 1.88. The monoisotopic (exact) mass is 244 g/mol. The van der Waals surface area contributed by atoms with E-state index in [0.717, 1.165) is 48.3 Å². The molecule has 0 unspecified atom stereocenters. The van der Waals surface area contributed by atoms with E-state index in [9.17, 15) is 0 Å². The molecule has 0 aliphatic rings. The molecule has 0 saturated carbocycles. The first-order valence-corrected chi connectivity index (χ1v) is 6.63. The zero-order valence-electron chi connectivity index (χ0n) is 11.1. The van der Waals surface area contributed by atoms with Crippen molar-refractivity contribution in [3.63, 3.8) is 0 Å². The Labute approximate surface area is 109 Å². The third-order valence-electron chi connectivity index (χ3n) is 2.75. The Morgan fingerprint density at radius 2 is 1.67 bits per heavy atom. The molecule has 0 aromatic heterocycles. The third kappa shape index (κ3) is 2.95. The van der Waals surface area contributed by atoms with Gasteiger partial charge in [0.25, 0.3) is 0 Å². The van der Waals surface area contributed by atoms with Crippen molar-refractivity contribution in [2.24, 2.45) is 0 Å². The molecule has 0 heterocycles. The van der Waals surface area contributed by atoms with Crippen LogP contribution in [0.1, 0.15) is 26.7 Å². The maximum Gasteiger partial charge on any atom is 0.127 e. The van der Waals surface area contributed by atoms with Gasteiger partial charge >= 0.3 is 0 Å². The highest BCUT2D eigenvalue weighted by molar-refractivity contribution is 5.89. The zero-order chi connectivity index (χ0) is 12.8. The van der Waals surface area contributed by atoms with Crippen molar-refractivity contribution in [1.82, 2.24) is 0 Å². The molecule has 0 saturated heterocycles. The first-order valence-electron chi connectivity index (χ1n) is 6.63. The van der Waals surface area contributed by atoms with Gasteiger partial charge in [-0.1, -0.05) is 26.0 Å². The normalized spacial score (nSPS) is 10.6. The van der Waals surface area contributed by atoms with Crippen molar-refractivity contribution in [2.45, 2.75) is 26.7 Å². The summed E-state index contributed by atoms with van der Waals surface area (Å²) >= 11 is 0. The predicted molar refractivity (Wildman–Crippen MR) is 75.5 cm³/mol. The zero-order valence-corrected chi connectivity index (χ0v) is 11.1. The predicted octanol–water partition coefficient (Wildman–Crippen LogP) is 4.42. The van der Waals surface area contributed by atoms with Crippen LogP contribution in [0, 0.1) is 0 Å². The molecule has 0 aliphatic heterocycles. The van der Waals surface area contributed by atoms with Crippen molar-refractivity contribution in [1.29, 1.82) is 0 Å². The van der Waals surface area contributed by atoms with E-state index in [0.29, 0.717) is 0 Å². The fraction of sp³-hybridized carbons (Fsp3) is 0.375. The van der Waals surface area contributed by atoms with Crippen molar-refractivity contribution < 1.29 is 9.47 Å². The summed E-state index contributed by atoms with van der Waals surface area (Å²) < 4.78 is 11.4. The van der Waals surface area contributed by atoms with Crippen molar-refractivity contribution >= 4 is 10.8 Å². The Bertz CT molecular complexity index is 505. The van der Waals surface area contributed by atoms with Crippen LogP contribution in [-0.4, -0.2) is 13.2 Å². The molecule has 0 aliphatic carbocycles. The minimum absolute atomic E-state index is 0.757. The molecular formula is C16H20O2. The van der Waals surface area contributed by atoms with Gasteiger partial charge in [0.05, 0.1) is 13.2 Å². The van der Waals surface area contributed by atoms with Crippen LogP contribution in [0.2, 0.25) is 0 Å². The largest absolute Gasteiger partial charge is 0.494 e. The van der Waals surface area contributed by atoms with Gasteiger partial charge < -0.3 is 9.47 Å². The lowest BCUT2D eigenvalue weighted by molar-refractivity contribution is 0.317. The second kappa shape index (κ2) is 6.29. The molecule has 0 N–H and O–H groups in total. The summed E-state index contributed by atoms with van der Waals surface area (Å²) in [5.41, 5.74) is 0. The van der Waals surface area contributed by atoms with Gasteiger partial charge in [-0.15, -0.1) is 0 Å². The van der Waals surface area contributed by atoms with Crippen molar-refractivity contribution in [3.05, 3.63) is 36.4 Å². The number of hydrogen-bond acceptors (Lipinski definition) is 2. The molecule has 0 fully saturated rings. The van der Waals surface area contributed by atoms with Gasteiger partial charge in [-0.25, -0.2) is 0 Å². The minimum atomic E-state index is 0.757. The Kier molecular flexibility index (Phi) is 4.46. The average Bonchev–Trinajstić information content (AvgIpc) is 2.42. The number of rotatable bonds is 6. The van der Waals surface area contributed by atoms with Crippen LogP contribution in [-0.2, 0) is 0 Å². The van der Waals surface area contributed by atoms with Gasteiger partial charge in [-0.2, -0.15) is 0 Å². The van der Waals surface area contributed by atoms with Gasteiger partial charge in [-0.3, -0.25) is 0 Å². The smallest absolute Gasteiger partial charge is 0.127 e. The van der Waals surface area contributed by atoms with Gasteiger partial charge in [0, 0.05) is 5.39 Å². The van der Waals surface area contributed by atoms with E-state index in [1.54, 1.807) is 0 Å². The van der Waals surface area contributed by atoms with E-state index in [1.807, 2.05) is 18.2 Å². The number of fused-ring (bicyclic) bond motifs is 1. The molecule has 2 rings (SSSR count). The summed E-state index contributed by atoms with van der Waals surface area (Å²) in [5, 5.41) is 2.31. The van der Waals surface area contributed by atoms with Crippen molar-refractivity contribution in [3.8, 4) is 11.5 Å². The van der Waals surface area contributed by atoms with Crippen LogP contribution in [0.4, 0.5) is 0 Å². The molecular weight excluding hydrogens is 224 g/mol. The van der Waals surface area contributed by atoms with Crippen LogP contribution in [0.3, 0.4) is 0 Å². The maximum atomic E-state index is 5.75. The summed E-state index contributed by atoms with van der Waals surface area (Å²) in [6.07, 6.45) is 2.05. The highest BCUT2D eigenvalue weighted by Crippen LogP contribution is 2.28. The lowest BCUT2D eigenvalue weighted by Crippen LogP contribution is -1.96. The lowest BCUT2D eigenvalue weighted by Gasteiger charge is -2.10. The summed E-state index contributed by atoms with van der Waals surface area (Å²) in [6.45, 7) is 5.74. The molecule has 0 atom stereocenters. The molecule has 0 amide bonds. The van der Waals surface area contributed by atoms with Crippen LogP contribution in [0.5, 0.6) is 11.5 Å². The van der Waals surface area contributed by atoms with Crippen LogP contribution in [0.15, 0.2) is 36.4 Å². The highest BCUT2D eigenvalue weighted by Gasteiger charge is 2.03. The Hall–Kier alpha value is -1.70. The second-order valence-corrected chi connectivity index (χ2v) is 4.34. The van der Waals surface area contributed by atoms with Crippen LogP contribution in [0.25, 0.3) is 10.8 Å². The van der Waals surface area contributed by atoms with Crippen molar-refractivity contribution in [2.75, 3.05) is 13.2 Å². The lowest BCUT2D eigenvalue weighted by atomic mass is 10.1. The minimum Gasteiger partial charge on any atom is -0.494 e. The summed E-state index contributed by atoms with van der Waals surface area (Å²) in [5.74, 6) is 1.88. The molecule has 0 radical (unpaired) electrons. The van der Waals surface area contributed by atoms with Gasteiger partial charge in [-0.05, 0) is 42.5 Å². The van der Waals surface area contributed by atoms with E-state index < -0.39 is 0 Å². The standard InChI is InChI=1S/C16H20O2/c1-3-10-17-14-8-9-15-13(12-14)6-5-7-16(15)18-11-4-2/h5-9,12H,3-4,10-11H2,1-2H3. The molecule has 2 aromatic carbocycles. The number of ether oxygens (including phenoxy) is 2. The molecule has 0 bridgehead atoms. The van der Waals surface area contributed by atoms with Crippen LogP contribution >= 0.6 is 0 Å². The number of benzene rings is 2.